The molecule has 0 radical (unpaired) electrons. The minimum atomic E-state index is -0.504. The second-order valence-corrected chi connectivity index (χ2v) is 4.72. The van der Waals surface area contributed by atoms with Crippen LogP contribution < -0.4 is 5.32 Å². The monoisotopic (exact) mass is 312 g/mol. The van der Waals surface area contributed by atoms with E-state index in [2.05, 4.69) is 26.2 Å². The van der Waals surface area contributed by atoms with Gasteiger partial charge in [0.05, 0.1) is 22.4 Å². The molecule has 0 unspecified atom stereocenters. The van der Waals surface area contributed by atoms with Crippen molar-refractivity contribution in [3.8, 4) is 0 Å². The fourth-order valence-corrected chi connectivity index (χ4v) is 1.86. The van der Waals surface area contributed by atoms with E-state index in [1.54, 1.807) is 0 Å². The highest BCUT2D eigenvalue weighted by atomic mass is 79.9. The molecule has 0 spiro atoms. The van der Waals surface area contributed by atoms with Crippen LogP contribution in [0.3, 0.4) is 0 Å². The molecule has 0 atom stereocenters. The van der Waals surface area contributed by atoms with Crippen molar-refractivity contribution < 1.29 is 8.78 Å². The Bertz CT molecular complexity index is 573. The van der Waals surface area contributed by atoms with Crippen molar-refractivity contribution in [2.75, 3.05) is 5.32 Å². The van der Waals surface area contributed by atoms with Crippen LogP contribution >= 0.6 is 15.9 Å². The van der Waals surface area contributed by atoms with Crippen LogP contribution in [0.25, 0.3) is 0 Å². The van der Waals surface area contributed by atoms with Crippen LogP contribution in [-0.4, -0.2) is 4.98 Å². The zero-order valence-electron chi connectivity index (χ0n) is 9.67. The highest BCUT2D eigenvalue weighted by Gasteiger charge is 2.08. The van der Waals surface area contributed by atoms with Crippen LogP contribution in [0, 0.1) is 18.6 Å². The minimum absolute atomic E-state index is 0.110. The first-order valence-electron chi connectivity index (χ1n) is 5.37. The molecule has 1 N–H and O–H groups in total. The fraction of sp³-hybridized carbons (Fsp3) is 0.154. The van der Waals surface area contributed by atoms with E-state index in [0.29, 0.717) is 6.54 Å². The van der Waals surface area contributed by atoms with E-state index < -0.39 is 11.6 Å². The van der Waals surface area contributed by atoms with Crippen molar-refractivity contribution in [2.45, 2.75) is 13.5 Å². The van der Waals surface area contributed by atoms with E-state index in [-0.39, 0.29) is 10.2 Å². The fourth-order valence-electron chi connectivity index (χ4n) is 1.54. The number of nitrogens with one attached hydrogen (secondary N) is 1. The maximum Gasteiger partial charge on any atom is 0.147 e. The van der Waals surface area contributed by atoms with Gasteiger partial charge < -0.3 is 5.32 Å². The molecular formula is C13H11BrF2N2. The zero-order chi connectivity index (χ0) is 13.1. The van der Waals surface area contributed by atoms with Crippen LogP contribution in [0.15, 0.2) is 34.8 Å². The van der Waals surface area contributed by atoms with E-state index in [4.69, 9.17) is 0 Å². The van der Waals surface area contributed by atoms with Crippen molar-refractivity contribution in [1.29, 1.82) is 0 Å². The third-order valence-corrected chi connectivity index (χ3v) is 3.02. The molecule has 0 bridgehead atoms. The van der Waals surface area contributed by atoms with Crippen molar-refractivity contribution in [3.63, 3.8) is 0 Å². The SMILES string of the molecule is Cc1cccc(CNc2cc(F)c(Br)cc2F)n1. The average molecular weight is 313 g/mol. The minimum Gasteiger partial charge on any atom is -0.377 e. The summed E-state index contributed by atoms with van der Waals surface area (Å²) in [6.07, 6.45) is 0. The lowest BCUT2D eigenvalue weighted by atomic mass is 10.2. The molecule has 18 heavy (non-hydrogen) atoms. The molecule has 0 saturated carbocycles. The summed E-state index contributed by atoms with van der Waals surface area (Å²) in [6, 6.07) is 7.80. The maximum absolute atomic E-state index is 13.5. The molecule has 2 aromatic rings. The molecule has 2 nitrogen and oxygen atoms in total. The summed E-state index contributed by atoms with van der Waals surface area (Å²) in [4.78, 5) is 4.27. The standard InChI is InChI=1S/C13H11BrF2N2/c1-8-3-2-4-9(18-8)7-17-13-6-11(15)10(14)5-12(13)16/h2-6,17H,7H2,1H3. The molecule has 0 fully saturated rings. The molecule has 1 aromatic carbocycles. The predicted octanol–water partition coefficient (Wildman–Crippen LogP) is 4.04. The summed E-state index contributed by atoms with van der Waals surface area (Å²) in [5.74, 6) is -1.01. The summed E-state index contributed by atoms with van der Waals surface area (Å²) in [7, 11) is 0. The Labute approximate surface area is 112 Å². The zero-order valence-corrected chi connectivity index (χ0v) is 11.3. The number of benzene rings is 1. The molecular weight excluding hydrogens is 302 g/mol. The van der Waals surface area contributed by atoms with Crippen LogP contribution in [0.1, 0.15) is 11.4 Å². The first-order chi connectivity index (χ1) is 8.56. The summed E-state index contributed by atoms with van der Waals surface area (Å²) < 4.78 is 26.9. The highest BCUT2D eigenvalue weighted by molar-refractivity contribution is 9.10. The maximum atomic E-state index is 13.5. The molecule has 0 aliphatic rings. The third kappa shape index (κ3) is 3.04. The average Bonchev–Trinajstić information content (AvgIpc) is 2.32. The van der Waals surface area contributed by atoms with Gasteiger partial charge in [-0.1, -0.05) is 6.07 Å². The number of aromatic nitrogens is 1. The van der Waals surface area contributed by atoms with E-state index in [1.165, 1.54) is 0 Å². The van der Waals surface area contributed by atoms with E-state index >= 15 is 0 Å². The van der Waals surface area contributed by atoms with Gasteiger partial charge in [0.1, 0.15) is 11.6 Å². The van der Waals surface area contributed by atoms with Gasteiger partial charge in [-0.05, 0) is 41.1 Å². The lowest BCUT2D eigenvalue weighted by Gasteiger charge is -2.08. The number of nitrogens with zero attached hydrogens (tertiary/aromatic N) is 1. The molecule has 94 valence electrons. The Morgan fingerprint density at radius 1 is 1.22 bits per heavy atom. The van der Waals surface area contributed by atoms with Crippen LogP contribution in [-0.2, 0) is 6.54 Å². The molecule has 5 heteroatoms. The quantitative estimate of drug-likeness (QED) is 0.865. The van der Waals surface area contributed by atoms with E-state index in [9.17, 15) is 8.78 Å². The van der Waals surface area contributed by atoms with Gasteiger partial charge in [-0.3, -0.25) is 4.98 Å². The van der Waals surface area contributed by atoms with Gasteiger partial charge >= 0.3 is 0 Å². The summed E-state index contributed by atoms with van der Waals surface area (Å²) in [5.41, 5.74) is 1.79. The Balaban J connectivity index is 2.13. The van der Waals surface area contributed by atoms with Gasteiger partial charge in [0.15, 0.2) is 0 Å². The first kappa shape index (κ1) is 13.0. The van der Waals surface area contributed by atoms with Crippen LogP contribution in [0.4, 0.5) is 14.5 Å². The van der Waals surface area contributed by atoms with Crippen molar-refractivity contribution >= 4 is 21.6 Å². The highest BCUT2D eigenvalue weighted by Crippen LogP contribution is 2.23. The Morgan fingerprint density at radius 2 is 2.00 bits per heavy atom. The Morgan fingerprint density at radius 3 is 2.72 bits per heavy atom. The molecule has 1 aromatic heterocycles. The van der Waals surface area contributed by atoms with E-state index in [0.717, 1.165) is 23.5 Å². The number of aryl methyl sites for hydroxylation is 1. The van der Waals surface area contributed by atoms with Crippen molar-refractivity contribution in [1.82, 2.24) is 4.98 Å². The summed E-state index contributed by atoms with van der Waals surface area (Å²) >= 11 is 2.93. The Kier molecular flexibility index (Phi) is 3.91. The number of hydrogen-bond donors (Lipinski definition) is 1. The Hall–Kier alpha value is -1.49. The number of halogens is 3. The van der Waals surface area contributed by atoms with Gasteiger partial charge in [0, 0.05) is 11.8 Å². The number of hydrogen-bond acceptors (Lipinski definition) is 2. The smallest absolute Gasteiger partial charge is 0.147 e. The topological polar surface area (TPSA) is 24.9 Å². The normalized spacial score (nSPS) is 10.4. The molecule has 0 saturated heterocycles. The second-order valence-electron chi connectivity index (χ2n) is 3.87. The van der Waals surface area contributed by atoms with Gasteiger partial charge in [0.2, 0.25) is 0 Å². The number of anilines is 1. The lowest BCUT2D eigenvalue weighted by Crippen LogP contribution is -2.04. The van der Waals surface area contributed by atoms with Crippen molar-refractivity contribution in [2.24, 2.45) is 0 Å². The molecule has 2 rings (SSSR count). The van der Waals surface area contributed by atoms with Gasteiger partial charge in [-0.25, -0.2) is 8.78 Å². The van der Waals surface area contributed by atoms with Crippen LogP contribution in [0.5, 0.6) is 0 Å². The molecule has 1 heterocycles. The van der Waals surface area contributed by atoms with Gasteiger partial charge in [-0.2, -0.15) is 0 Å². The number of rotatable bonds is 3. The van der Waals surface area contributed by atoms with Gasteiger partial charge in [-0.15, -0.1) is 0 Å². The van der Waals surface area contributed by atoms with E-state index in [1.807, 2.05) is 25.1 Å². The predicted molar refractivity (Wildman–Crippen MR) is 70.4 cm³/mol. The first-order valence-corrected chi connectivity index (χ1v) is 6.16. The van der Waals surface area contributed by atoms with Crippen LogP contribution in [0.2, 0.25) is 0 Å². The van der Waals surface area contributed by atoms with Crippen molar-refractivity contribution in [3.05, 3.63) is 57.8 Å². The summed E-state index contributed by atoms with van der Waals surface area (Å²) in [6.45, 7) is 2.23. The molecule has 0 amide bonds. The van der Waals surface area contributed by atoms with Gasteiger partial charge in [0.25, 0.3) is 0 Å². The largest absolute Gasteiger partial charge is 0.377 e. The second kappa shape index (κ2) is 5.44. The number of pyridine rings is 1. The lowest BCUT2D eigenvalue weighted by molar-refractivity contribution is 0.596. The molecule has 0 aliphatic carbocycles. The molecule has 0 aliphatic heterocycles. The summed E-state index contributed by atoms with van der Waals surface area (Å²) in [5, 5.41) is 2.83. The third-order valence-electron chi connectivity index (χ3n) is 2.42.